The molecule has 0 unspecified atom stereocenters. The number of nitro groups is 1. The van der Waals surface area contributed by atoms with Crippen molar-refractivity contribution in [1.29, 1.82) is 0 Å². The van der Waals surface area contributed by atoms with Crippen molar-refractivity contribution in [1.82, 2.24) is 0 Å². The van der Waals surface area contributed by atoms with E-state index in [9.17, 15) is 14.9 Å². The van der Waals surface area contributed by atoms with E-state index in [1.165, 1.54) is 12.1 Å². The number of hydrogen-bond donors (Lipinski definition) is 1. The second-order valence-corrected chi connectivity index (χ2v) is 2.67. The number of hydrogen-bond acceptors (Lipinski definition) is 3. The zero-order chi connectivity index (χ0) is 10.7. The zero-order valence-corrected chi connectivity index (χ0v) is 7.38. The average molecular weight is 196 g/mol. The molecule has 0 atom stereocenters. The quantitative estimate of drug-likeness (QED) is 0.576. The van der Waals surface area contributed by atoms with Gasteiger partial charge in [0.15, 0.2) is 5.03 Å². The summed E-state index contributed by atoms with van der Waals surface area (Å²) < 4.78 is 0. The highest BCUT2D eigenvalue weighted by Crippen LogP contribution is 2.14. The van der Waals surface area contributed by atoms with Crippen LogP contribution in [-0.2, 0) is 0 Å². The van der Waals surface area contributed by atoms with Crippen molar-refractivity contribution in [3.63, 3.8) is 0 Å². The summed E-state index contributed by atoms with van der Waals surface area (Å²) in [4.78, 5) is 20.9. The van der Waals surface area contributed by atoms with Gasteiger partial charge in [-0.2, -0.15) is 0 Å². The molecule has 14 heavy (non-hydrogen) atoms. The van der Waals surface area contributed by atoms with Gasteiger partial charge in [0, 0.05) is 5.01 Å². The molecule has 1 aromatic carbocycles. The van der Waals surface area contributed by atoms with Gasteiger partial charge in [0.1, 0.15) is 5.69 Å². The Hall–Kier alpha value is -2.11. The van der Waals surface area contributed by atoms with E-state index in [2.05, 4.69) is 0 Å². The Balaban J connectivity index is 3.06. The number of hydrazine groups is 1. The van der Waals surface area contributed by atoms with Crippen molar-refractivity contribution in [3.8, 4) is 0 Å². The third-order valence-corrected chi connectivity index (χ3v) is 1.62. The van der Waals surface area contributed by atoms with Crippen LogP contribution in [0.1, 0.15) is 5.56 Å². The van der Waals surface area contributed by atoms with E-state index >= 15 is 0 Å². The van der Waals surface area contributed by atoms with Crippen LogP contribution in [0.15, 0.2) is 24.3 Å². The van der Waals surface area contributed by atoms with Crippen LogP contribution < -0.4 is 5.01 Å². The van der Waals surface area contributed by atoms with Crippen molar-refractivity contribution in [2.24, 2.45) is 0 Å². The van der Waals surface area contributed by atoms with Gasteiger partial charge in [0.2, 0.25) is 0 Å². The molecule has 6 nitrogen and oxygen atoms in total. The molecule has 0 radical (unpaired) electrons. The summed E-state index contributed by atoms with van der Waals surface area (Å²) in [6.45, 7) is 1.81. The molecule has 0 saturated heterocycles. The van der Waals surface area contributed by atoms with Gasteiger partial charge in [0.05, 0.1) is 0 Å². The summed E-state index contributed by atoms with van der Waals surface area (Å²) in [5.41, 5.74) is 0.926. The first kappa shape index (κ1) is 9.97. The second kappa shape index (κ2) is 3.73. The molecule has 0 aliphatic rings. The molecule has 6 heteroatoms. The number of anilines is 1. The Labute approximate surface area is 79.5 Å². The van der Waals surface area contributed by atoms with Gasteiger partial charge in [0.25, 0.3) is 0 Å². The van der Waals surface area contributed by atoms with Crippen LogP contribution in [0, 0.1) is 17.0 Å². The van der Waals surface area contributed by atoms with E-state index in [0.29, 0.717) is 0 Å². The molecule has 0 aliphatic carbocycles. The Bertz CT molecular complexity index is 346. The van der Waals surface area contributed by atoms with Crippen LogP contribution in [0.4, 0.5) is 10.5 Å². The van der Waals surface area contributed by atoms with Gasteiger partial charge in [-0.3, -0.25) is 0 Å². The Morgan fingerprint density at radius 3 is 2.29 bits per heavy atom. The summed E-state index contributed by atoms with van der Waals surface area (Å²) in [5.74, 6) is 0. The first-order valence-electron chi connectivity index (χ1n) is 3.76. The second-order valence-electron chi connectivity index (χ2n) is 2.67. The third-order valence-electron chi connectivity index (χ3n) is 1.62. The molecule has 1 N–H and O–H groups in total. The molecule has 0 fully saturated rings. The van der Waals surface area contributed by atoms with Crippen molar-refractivity contribution in [3.05, 3.63) is 39.9 Å². The summed E-state index contributed by atoms with van der Waals surface area (Å²) in [6.07, 6.45) is -1.61. The van der Waals surface area contributed by atoms with Gasteiger partial charge < -0.3 is 5.11 Å². The largest absolute Gasteiger partial charge is 0.470 e. The smallest absolute Gasteiger partial charge is 0.461 e. The maximum atomic E-state index is 10.5. The minimum atomic E-state index is -1.61. The third kappa shape index (κ3) is 1.98. The predicted octanol–water partition coefficient (Wildman–Crippen LogP) is 1.67. The molecule has 1 amide bonds. The van der Waals surface area contributed by atoms with Crippen LogP contribution in [0.25, 0.3) is 0 Å². The van der Waals surface area contributed by atoms with Gasteiger partial charge >= 0.3 is 6.09 Å². The minimum absolute atomic E-state index is 0.0214. The fourth-order valence-corrected chi connectivity index (χ4v) is 0.961. The van der Waals surface area contributed by atoms with Crippen LogP contribution in [0.5, 0.6) is 0 Å². The first-order chi connectivity index (χ1) is 6.52. The lowest BCUT2D eigenvalue weighted by Crippen LogP contribution is -2.34. The zero-order valence-electron chi connectivity index (χ0n) is 7.38. The first-order valence-corrected chi connectivity index (χ1v) is 3.76. The van der Waals surface area contributed by atoms with E-state index in [0.717, 1.165) is 5.56 Å². The molecule has 1 aromatic rings. The predicted molar refractivity (Wildman–Crippen MR) is 48.7 cm³/mol. The van der Waals surface area contributed by atoms with E-state index in [4.69, 9.17) is 5.11 Å². The standard InChI is InChI=1S/C8H8N2O4/c1-6-2-4-7(5-3-6)9(8(11)12)10(13)14/h2-5H,1H3,(H,11,12). The number of benzene rings is 1. The van der Waals surface area contributed by atoms with Gasteiger partial charge in [-0.15, -0.1) is 0 Å². The highest BCUT2D eigenvalue weighted by Gasteiger charge is 2.25. The molecule has 1 rings (SSSR count). The summed E-state index contributed by atoms with van der Waals surface area (Å²) in [5, 5.41) is 18.0. The van der Waals surface area contributed by atoms with Crippen molar-refractivity contribution in [2.75, 3.05) is 5.01 Å². The van der Waals surface area contributed by atoms with Gasteiger partial charge in [-0.05, 0) is 19.1 Å². The number of aryl methyl sites for hydroxylation is 1. The highest BCUT2D eigenvalue weighted by atomic mass is 16.7. The molecule has 74 valence electrons. The number of carbonyl (C=O) groups is 1. The molecule has 0 bridgehead atoms. The van der Waals surface area contributed by atoms with Crippen LogP contribution in [0.2, 0.25) is 0 Å². The summed E-state index contributed by atoms with van der Waals surface area (Å²) >= 11 is 0. The molecule has 0 aliphatic heterocycles. The van der Waals surface area contributed by atoms with E-state index in [-0.39, 0.29) is 10.7 Å². The minimum Gasteiger partial charge on any atom is -0.461 e. The van der Waals surface area contributed by atoms with Crippen molar-refractivity contribution >= 4 is 11.8 Å². The monoisotopic (exact) mass is 196 g/mol. The number of carboxylic acid groups (broad SMARTS) is 1. The van der Waals surface area contributed by atoms with Crippen LogP contribution in [0.3, 0.4) is 0 Å². The lowest BCUT2D eigenvalue weighted by atomic mass is 10.2. The fraction of sp³-hybridized carbons (Fsp3) is 0.125. The van der Waals surface area contributed by atoms with Gasteiger partial charge in [-0.1, -0.05) is 17.7 Å². The van der Waals surface area contributed by atoms with Crippen molar-refractivity contribution in [2.45, 2.75) is 6.92 Å². The SMILES string of the molecule is Cc1ccc(N(C(=O)O)[N+](=O)[O-])cc1. The Morgan fingerprint density at radius 2 is 1.93 bits per heavy atom. The molecule has 0 saturated carbocycles. The molecule has 0 aromatic heterocycles. The summed E-state index contributed by atoms with van der Waals surface area (Å²) in [6, 6.07) is 5.97. The molecular weight excluding hydrogens is 188 g/mol. The van der Waals surface area contributed by atoms with E-state index < -0.39 is 11.1 Å². The topological polar surface area (TPSA) is 83.7 Å². The normalized spacial score (nSPS) is 9.50. The van der Waals surface area contributed by atoms with Crippen molar-refractivity contribution < 1.29 is 14.9 Å². The van der Waals surface area contributed by atoms with Gasteiger partial charge in [-0.25, -0.2) is 14.9 Å². The molecule has 0 heterocycles. The van der Waals surface area contributed by atoms with E-state index in [1.54, 1.807) is 19.1 Å². The summed E-state index contributed by atoms with van der Waals surface area (Å²) in [7, 11) is 0. The number of nitrogens with zero attached hydrogens (tertiary/aromatic N) is 2. The average Bonchev–Trinajstić information content (AvgIpc) is 2.07. The van der Waals surface area contributed by atoms with Crippen LogP contribution in [-0.4, -0.2) is 16.2 Å². The lowest BCUT2D eigenvalue weighted by Gasteiger charge is -2.07. The van der Waals surface area contributed by atoms with E-state index in [1.807, 2.05) is 0 Å². The van der Waals surface area contributed by atoms with Crippen LogP contribution >= 0.6 is 0 Å². The molecular formula is C8H8N2O4. The number of amides is 1. The highest BCUT2D eigenvalue weighted by molar-refractivity contribution is 5.83. The lowest BCUT2D eigenvalue weighted by molar-refractivity contribution is -0.483. The molecule has 0 spiro atoms. The number of rotatable bonds is 2. The fourth-order valence-electron chi connectivity index (χ4n) is 0.961. The maximum Gasteiger partial charge on any atom is 0.470 e. The Kier molecular flexibility index (Phi) is 2.66. The Morgan fingerprint density at radius 1 is 1.43 bits per heavy atom. The maximum absolute atomic E-state index is 10.5.